The molecule has 0 amide bonds. The van der Waals surface area contributed by atoms with Gasteiger partial charge in [-0.05, 0) is 60.7 Å². The molecule has 0 saturated carbocycles. The molecule has 3 aromatic carbocycles. The largest absolute Gasteiger partial charge is 0.243 e. The van der Waals surface area contributed by atoms with Crippen LogP contribution in [0.3, 0.4) is 0 Å². The summed E-state index contributed by atoms with van der Waals surface area (Å²) in [6.07, 6.45) is 1.33. The van der Waals surface area contributed by atoms with Gasteiger partial charge in [0, 0.05) is 11.6 Å². The summed E-state index contributed by atoms with van der Waals surface area (Å²) in [5.41, 5.74) is 4.41. The average molecular weight is 412 g/mol. The van der Waals surface area contributed by atoms with E-state index in [1.54, 1.807) is 16.4 Å². The van der Waals surface area contributed by atoms with E-state index in [4.69, 9.17) is 11.6 Å². The highest BCUT2D eigenvalue weighted by atomic mass is 35.5. The Balaban J connectivity index is 1.76. The highest BCUT2D eigenvalue weighted by Gasteiger charge is 2.36. The Morgan fingerprint density at radius 2 is 1.64 bits per heavy atom. The molecule has 0 N–H and O–H groups in total. The van der Waals surface area contributed by atoms with Crippen molar-refractivity contribution in [3.05, 3.63) is 100 Å². The van der Waals surface area contributed by atoms with Crippen LogP contribution in [0.2, 0.25) is 5.02 Å². The van der Waals surface area contributed by atoms with Crippen LogP contribution in [-0.4, -0.2) is 19.3 Å². The predicted molar refractivity (Wildman–Crippen MR) is 113 cm³/mol. The van der Waals surface area contributed by atoms with Crippen molar-refractivity contribution in [3.8, 4) is 0 Å². The van der Waals surface area contributed by atoms with Gasteiger partial charge in [-0.3, -0.25) is 0 Å². The maximum absolute atomic E-state index is 13.5. The van der Waals surface area contributed by atoms with E-state index in [1.165, 1.54) is 5.56 Å². The zero-order valence-electron chi connectivity index (χ0n) is 15.7. The summed E-state index contributed by atoms with van der Waals surface area (Å²) in [6, 6.07) is 22.6. The van der Waals surface area contributed by atoms with Gasteiger partial charge in [-0.2, -0.15) is 4.31 Å². The third-order valence-corrected chi connectivity index (χ3v) is 7.51. The Hall–Kier alpha value is -2.14. The molecule has 5 heteroatoms. The third kappa shape index (κ3) is 3.72. The number of halogens is 1. The summed E-state index contributed by atoms with van der Waals surface area (Å²) in [6.45, 7) is 2.43. The van der Waals surface area contributed by atoms with E-state index in [0.29, 0.717) is 22.9 Å². The van der Waals surface area contributed by atoms with Crippen molar-refractivity contribution in [2.45, 2.75) is 30.7 Å². The number of nitrogens with zero attached hydrogens (tertiary/aromatic N) is 1. The Labute approximate surface area is 171 Å². The molecule has 3 aromatic rings. The molecule has 3 nitrogen and oxygen atoms in total. The Kier molecular flexibility index (Phi) is 5.28. The topological polar surface area (TPSA) is 37.4 Å². The summed E-state index contributed by atoms with van der Waals surface area (Å²) >= 11 is 6.02. The molecule has 0 saturated heterocycles. The van der Waals surface area contributed by atoms with Crippen molar-refractivity contribution in [1.29, 1.82) is 0 Å². The van der Waals surface area contributed by atoms with E-state index in [1.807, 2.05) is 61.5 Å². The minimum Gasteiger partial charge on any atom is -0.207 e. The number of aryl methyl sites for hydroxylation is 1. The smallest absolute Gasteiger partial charge is 0.207 e. The Morgan fingerprint density at radius 1 is 0.964 bits per heavy atom. The lowest BCUT2D eigenvalue weighted by Gasteiger charge is -2.36. The first-order valence-electron chi connectivity index (χ1n) is 9.36. The zero-order chi connectivity index (χ0) is 19.7. The fourth-order valence-electron chi connectivity index (χ4n) is 3.82. The first-order valence-corrected chi connectivity index (χ1v) is 11.2. The van der Waals surface area contributed by atoms with E-state index in [2.05, 4.69) is 6.07 Å². The van der Waals surface area contributed by atoms with Gasteiger partial charge in [-0.25, -0.2) is 8.42 Å². The van der Waals surface area contributed by atoms with Gasteiger partial charge in [0.25, 0.3) is 0 Å². The number of hydrogen-bond acceptors (Lipinski definition) is 2. The van der Waals surface area contributed by atoms with Crippen LogP contribution >= 0.6 is 11.6 Å². The maximum atomic E-state index is 13.5. The first-order chi connectivity index (χ1) is 13.4. The molecule has 4 rings (SSSR count). The van der Waals surface area contributed by atoms with Crippen molar-refractivity contribution in [2.24, 2.45) is 0 Å². The normalized spacial score (nSPS) is 17.3. The maximum Gasteiger partial charge on any atom is 0.243 e. The Morgan fingerprint density at radius 3 is 2.36 bits per heavy atom. The van der Waals surface area contributed by atoms with Crippen LogP contribution in [0.15, 0.2) is 77.7 Å². The molecule has 144 valence electrons. The standard InChI is InChI=1S/C23H22ClNO2S/c1-17-6-12-21(13-7-17)28(26,27)25-15-14-19-4-2-3-5-22(19)23(25)16-18-8-10-20(24)11-9-18/h2-13,23H,14-16H2,1H3. The van der Waals surface area contributed by atoms with Crippen molar-refractivity contribution in [2.75, 3.05) is 6.54 Å². The lowest BCUT2D eigenvalue weighted by Crippen LogP contribution is -2.41. The monoisotopic (exact) mass is 411 g/mol. The second kappa shape index (κ2) is 7.70. The lowest BCUT2D eigenvalue weighted by atomic mass is 9.90. The van der Waals surface area contributed by atoms with E-state index in [0.717, 1.165) is 23.1 Å². The van der Waals surface area contributed by atoms with E-state index in [-0.39, 0.29) is 6.04 Å². The van der Waals surface area contributed by atoms with Crippen LogP contribution in [0.25, 0.3) is 0 Å². The molecule has 0 spiro atoms. The summed E-state index contributed by atoms with van der Waals surface area (Å²) < 4.78 is 28.6. The average Bonchev–Trinajstić information content (AvgIpc) is 2.70. The Bertz CT molecular complexity index is 1080. The van der Waals surface area contributed by atoms with E-state index in [9.17, 15) is 8.42 Å². The first kappa shape index (κ1) is 19.2. The number of sulfonamides is 1. The lowest BCUT2D eigenvalue weighted by molar-refractivity contribution is 0.306. The van der Waals surface area contributed by atoms with Crippen molar-refractivity contribution >= 4 is 21.6 Å². The predicted octanol–water partition coefficient (Wildman–Crippen LogP) is 5.18. The van der Waals surface area contributed by atoms with Crippen LogP contribution in [0.1, 0.15) is 28.3 Å². The molecule has 1 unspecified atom stereocenters. The fraction of sp³-hybridized carbons (Fsp3) is 0.217. The van der Waals surface area contributed by atoms with Crippen molar-refractivity contribution in [1.82, 2.24) is 4.31 Å². The molecule has 0 aromatic heterocycles. The molecule has 1 heterocycles. The van der Waals surface area contributed by atoms with Gasteiger partial charge in [0.2, 0.25) is 10.0 Å². The van der Waals surface area contributed by atoms with Crippen LogP contribution in [0.4, 0.5) is 0 Å². The van der Waals surface area contributed by atoms with E-state index < -0.39 is 10.0 Å². The molecular weight excluding hydrogens is 390 g/mol. The number of fused-ring (bicyclic) bond motifs is 1. The molecule has 1 aliphatic rings. The minimum atomic E-state index is -3.59. The van der Waals surface area contributed by atoms with Gasteiger partial charge in [0.05, 0.1) is 10.9 Å². The SMILES string of the molecule is Cc1ccc(S(=O)(=O)N2CCc3ccccc3C2Cc2ccc(Cl)cc2)cc1. The van der Waals surface area contributed by atoms with Crippen molar-refractivity contribution in [3.63, 3.8) is 0 Å². The molecule has 0 fully saturated rings. The minimum absolute atomic E-state index is 0.238. The van der Waals surface area contributed by atoms with Gasteiger partial charge in [-0.15, -0.1) is 0 Å². The quantitative estimate of drug-likeness (QED) is 0.593. The molecule has 1 atom stereocenters. The van der Waals surface area contributed by atoms with Crippen molar-refractivity contribution < 1.29 is 8.42 Å². The summed E-state index contributed by atoms with van der Waals surface area (Å²) in [5, 5.41) is 0.678. The molecule has 0 aliphatic carbocycles. The van der Waals surface area contributed by atoms with Crippen LogP contribution in [-0.2, 0) is 22.9 Å². The number of benzene rings is 3. The summed E-state index contributed by atoms with van der Waals surface area (Å²) in [7, 11) is -3.59. The van der Waals surface area contributed by atoms with Gasteiger partial charge in [0.1, 0.15) is 0 Å². The molecule has 1 aliphatic heterocycles. The molecule has 28 heavy (non-hydrogen) atoms. The fourth-order valence-corrected chi connectivity index (χ4v) is 5.55. The van der Waals surface area contributed by atoms with Gasteiger partial charge in [-0.1, -0.05) is 65.7 Å². The molecule has 0 bridgehead atoms. The highest BCUT2D eigenvalue weighted by Crippen LogP contribution is 2.36. The summed E-state index contributed by atoms with van der Waals surface area (Å²) in [4.78, 5) is 0.346. The van der Waals surface area contributed by atoms with Crippen LogP contribution in [0, 0.1) is 6.92 Å². The zero-order valence-corrected chi connectivity index (χ0v) is 17.2. The van der Waals surface area contributed by atoms with Crippen LogP contribution in [0.5, 0.6) is 0 Å². The third-order valence-electron chi connectivity index (χ3n) is 5.33. The van der Waals surface area contributed by atoms with E-state index >= 15 is 0 Å². The van der Waals surface area contributed by atoms with Gasteiger partial charge in [0.15, 0.2) is 0 Å². The number of hydrogen-bond donors (Lipinski definition) is 0. The second-order valence-electron chi connectivity index (χ2n) is 7.22. The number of rotatable bonds is 4. The molecule has 0 radical (unpaired) electrons. The van der Waals surface area contributed by atoms with Gasteiger partial charge >= 0.3 is 0 Å². The van der Waals surface area contributed by atoms with Crippen LogP contribution < -0.4 is 0 Å². The van der Waals surface area contributed by atoms with Gasteiger partial charge < -0.3 is 0 Å². The second-order valence-corrected chi connectivity index (χ2v) is 9.55. The summed E-state index contributed by atoms with van der Waals surface area (Å²) in [5.74, 6) is 0. The highest BCUT2D eigenvalue weighted by molar-refractivity contribution is 7.89. The molecular formula is C23H22ClNO2S.